The highest BCUT2D eigenvalue weighted by Gasteiger charge is 2.10. The highest BCUT2D eigenvalue weighted by molar-refractivity contribution is 5.56. The molecule has 2 atom stereocenters. The van der Waals surface area contributed by atoms with Crippen molar-refractivity contribution in [2.24, 2.45) is 0 Å². The van der Waals surface area contributed by atoms with Crippen LogP contribution in [-0.4, -0.2) is 35.5 Å². The number of hydrogen-bond donors (Lipinski definition) is 0. The first kappa shape index (κ1) is 26.0. The van der Waals surface area contributed by atoms with Crippen molar-refractivity contribution in [3.05, 3.63) is 36.7 Å². The van der Waals surface area contributed by atoms with Gasteiger partial charge in [-0.05, 0) is 37.1 Å². The second-order valence-corrected chi connectivity index (χ2v) is 8.28. The van der Waals surface area contributed by atoms with Crippen LogP contribution in [0.25, 0.3) is 11.4 Å². The Morgan fingerprint density at radius 3 is 1.69 bits per heavy atom. The number of nitrogens with zero attached hydrogens (tertiary/aromatic N) is 2. The third kappa shape index (κ3) is 10.4. The predicted octanol–water partition coefficient (Wildman–Crippen LogP) is 7.52. The Hall–Kier alpha value is -2.24. The molecule has 2 rings (SSSR count). The Morgan fingerprint density at radius 1 is 0.688 bits per heavy atom. The van der Waals surface area contributed by atoms with Crippen molar-refractivity contribution in [1.29, 1.82) is 0 Å². The molecule has 0 aliphatic rings. The molecule has 1 heterocycles. The van der Waals surface area contributed by atoms with Crippen LogP contribution in [0, 0.1) is 0 Å². The molecule has 32 heavy (non-hydrogen) atoms. The van der Waals surface area contributed by atoms with Crippen LogP contribution >= 0.6 is 0 Å². The molecule has 0 aliphatic heterocycles. The van der Waals surface area contributed by atoms with Crippen LogP contribution in [0.4, 0.5) is 8.78 Å². The molecule has 1 aromatic carbocycles. The van der Waals surface area contributed by atoms with Crippen molar-refractivity contribution in [2.45, 2.75) is 90.4 Å². The van der Waals surface area contributed by atoms with E-state index in [1.807, 2.05) is 12.1 Å². The van der Waals surface area contributed by atoms with Crippen molar-refractivity contribution >= 4 is 0 Å². The van der Waals surface area contributed by atoms with E-state index in [1.165, 1.54) is 0 Å². The van der Waals surface area contributed by atoms with Gasteiger partial charge in [0.2, 0.25) is 0 Å². The lowest BCUT2D eigenvalue weighted by Crippen LogP contribution is -2.13. The van der Waals surface area contributed by atoms with Gasteiger partial charge in [-0.2, -0.15) is 0 Å². The number of benzene rings is 1. The summed E-state index contributed by atoms with van der Waals surface area (Å²) in [7, 11) is 0. The molecule has 4 nitrogen and oxygen atoms in total. The lowest BCUT2D eigenvalue weighted by Gasteiger charge is -2.11. The molecule has 0 fully saturated rings. The van der Waals surface area contributed by atoms with Crippen molar-refractivity contribution in [3.8, 4) is 22.9 Å². The molecule has 0 amide bonds. The maximum absolute atomic E-state index is 13.9. The van der Waals surface area contributed by atoms with Gasteiger partial charge in [0.1, 0.15) is 31.3 Å². The number of ether oxygens (including phenoxy) is 2. The fourth-order valence-electron chi connectivity index (χ4n) is 3.37. The number of unbranched alkanes of at least 4 members (excludes halogenated alkanes) is 6. The predicted molar refractivity (Wildman–Crippen MR) is 126 cm³/mol. The maximum atomic E-state index is 13.9. The van der Waals surface area contributed by atoms with Gasteiger partial charge in [-0.15, -0.1) is 0 Å². The summed E-state index contributed by atoms with van der Waals surface area (Å²) in [5, 5.41) is 0. The van der Waals surface area contributed by atoms with E-state index in [0.29, 0.717) is 30.2 Å². The molecule has 0 saturated carbocycles. The summed E-state index contributed by atoms with van der Waals surface area (Å²) in [5.41, 5.74) is 0.819. The van der Waals surface area contributed by atoms with E-state index < -0.39 is 12.3 Å². The summed E-state index contributed by atoms with van der Waals surface area (Å²) < 4.78 is 38.9. The van der Waals surface area contributed by atoms with Gasteiger partial charge in [0.25, 0.3) is 0 Å². The number of alkyl halides is 2. The van der Waals surface area contributed by atoms with E-state index >= 15 is 0 Å². The first-order chi connectivity index (χ1) is 15.6. The number of aromatic nitrogens is 2. The van der Waals surface area contributed by atoms with Crippen molar-refractivity contribution in [1.82, 2.24) is 9.97 Å². The fraction of sp³-hybridized carbons (Fsp3) is 0.615. The van der Waals surface area contributed by atoms with Gasteiger partial charge in [-0.25, -0.2) is 18.7 Å². The van der Waals surface area contributed by atoms with Crippen LogP contribution in [0.2, 0.25) is 0 Å². The van der Waals surface area contributed by atoms with Gasteiger partial charge in [0.05, 0.1) is 12.4 Å². The summed E-state index contributed by atoms with van der Waals surface area (Å²) in [6, 6.07) is 7.26. The van der Waals surface area contributed by atoms with Gasteiger partial charge in [0, 0.05) is 5.56 Å². The normalized spacial score (nSPS) is 13.0. The Bertz CT molecular complexity index is 662. The van der Waals surface area contributed by atoms with Crippen LogP contribution in [0.3, 0.4) is 0 Å². The monoisotopic (exact) mass is 448 g/mol. The highest BCUT2D eigenvalue weighted by Crippen LogP contribution is 2.21. The van der Waals surface area contributed by atoms with E-state index in [9.17, 15) is 8.78 Å². The maximum Gasteiger partial charge on any atom is 0.159 e. The third-order valence-electron chi connectivity index (χ3n) is 5.34. The smallest absolute Gasteiger partial charge is 0.159 e. The molecule has 0 radical (unpaired) electrons. The zero-order chi connectivity index (χ0) is 23.0. The van der Waals surface area contributed by atoms with Gasteiger partial charge in [-0.1, -0.05) is 65.2 Å². The van der Waals surface area contributed by atoms with E-state index in [2.05, 4.69) is 23.8 Å². The minimum atomic E-state index is -0.973. The standard InChI is InChI=1S/C26H38F2N2O2/c1-3-5-7-9-11-22(27)19-31-24-15-13-21(14-16-24)26-29-17-25(18-30-26)32-20-23(28)12-10-8-6-4-2/h13-18,22-23H,3-12,19-20H2,1-2H3/t22-,23-/m0/s1. The zero-order valence-corrected chi connectivity index (χ0v) is 19.6. The molecule has 0 aliphatic carbocycles. The lowest BCUT2D eigenvalue weighted by atomic mass is 10.1. The average molecular weight is 449 g/mol. The van der Waals surface area contributed by atoms with Crippen LogP contribution in [-0.2, 0) is 0 Å². The summed E-state index contributed by atoms with van der Waals surface area (Å²) in [4.78, 5) is 8.61. The average Bonchev–Trinajstić information content (AvgIpc) is 2.82. The molecule has 0 bridgehead atoms. The molecule has 0 unspecified atom stereocenters. The molecule has 0 N–H and O–H groups in total. The second-order valence-electron chi connectivity index (χ2n) is 8.28. The summed E-state index contributed by atoms with van der Waals surface area (Å²) in [6.45, 7) is 4.38. The fourth-order valence-corrected chi connectivity index (χ4v) is 3.37. The molecule has 2 aromatic rings. The summed E-state index contributed by atoms with van der Waals surface area (Å²) in [6.07, 6.45) is 10.8. The quantitative estimate of drug-likeness (QED) is 0.235. The molecule has 0 saturated heterocycles. The van der Waals surface area contributed by atoms with Gasteiger partial charge < -0.3 is 9.47 Å². The number of hydrogen-bond acceptors (Lipinski definition) is 4. The first-order valence-electron chi connectivity index (χ1n) is 12.1. The van der Waals surface area contributed by atoms with E-state index in [-0.39, 0.29) is 13.2 Å². The van der Waals surface area contributed by atoms with Crippen molar-refractivity contribution < 1.29 is 18.3 Å². The third-order valence-corrected chi connectivity index (χ3v) is 5.34. The summed E-state index contributed by atoms with van der Waals surface area (Å²) in [5.74, 6) is 1.62. The number of halogens is 2. The van der Waals surface area contributed by atoms with Crippen molar-refractivity contribution in [3.63, 3.8) is 0 Å². The van der Waals surface area contributed by atoms with Crippen molar-refractivity contribution in [2.75, 3.05) is 13.2 Å². The molecule has 178 valence electrons. The highest BCUT2D eigenvalue weighted by atomic mass is 19.1. The molecule has 6 heteroatoms. The summed E-state index contributed by atoms with van der Waals surface area (Å²) >= 11 is 0. The van der Waals surface area contributed by atoms with Crippen LogP contribution < -0.4 is 9.47 Å². The molecule has 1 aromatic heterocycles. The zero-order valence-electron chi connectivity index (χ0n) is 19.6. The lowest BCUT2D eigenvalue weighted by molar-refractivity contribution is 0.183. The van der Waals surface area contributed by atoms with Crippen LogP contribution in [0.1, 0.15) is 78.1 Å². The minimum Gasteiger partial charge on any atom is -0.491 e. The number of rotatable bonds is 17. The van der Waals surface area contributed by atoms with Gasteiger partial charge >= 0.3 is 0 Å². The largest absolute Gasteiger partial charge is 0.491 e. The SMILES string of the molecule is CCCCCC[C@H](F)COc1ccc(-c2ncc(OC[C@@H](F)CCCCCC)cn2)cc1. The van der Waals surface area contributed by atoms with E-state index in [1.54, 1.807) is 24.5 Å². The Morgan fingerprint density at radius 2 is 1.19 bits per heavy atom. The Balaban J connectivity index is 1.73. The second kappa shape index (κ2) is 15.5. The van der Waals surface area contributed by atoms with E-state index in [4.69, 9.17) is 9.47 Å². The van der Waals surface area contributed by atoms with Gasteiger partial charge in [-0.3, -0.25) is 0 Å². The van der Waals surface area contributed by atoms with E-state index in [0.717, 1.165) is 56.9 Å². The first-order valence-corrected chi connectivity index (χ1v) is 12.1. The Labute approximate surface area is 191 Å². The minimum absolute atomic E-state index is 0.0229. The molecular weight excluding hydrogens is 410 g/mol. The molecular formula is C26H38F2N2O2. The van der Waals surface area contributed by atoms with Crippen LogP contribution in [0.5, 0.6) is 11.5 Å². The van der Waals surface area contributed by atoms with Crippen LogP contribution in [0.15, 0.2) is 36.7 Å². The molecule has 0 spiro atoms. The Kier molecular flexibility index (Phi) is 12.6. The topological polar surface area (TPSA) is 44.2 Å². The van der Waals surface area contributed by atoms with Gasteiger partial charge in [0.15, 0.2) is 11.6 Å².